The minimum absolute atomic E-state index is 0.000829. The second-order valence-electron chi connectivity index (χ2n) is 8.30. The Morgan fingerprint density at radius 2 is 1.94 bits per heavy atom. The molecule has 0 spiro atoms. The van der Waals surface area contributed by atoms with Crippen molar-refractivity contribution < 1.29 is 22.4 Å². The highest BCUT2D eigenvalue weighted by molar-refractivity contribution is 5.92. The molecule has 180 valence electrons. The van der Waals surface area contributed by atoms with E-state index in [4.69, 9.17) is 4.42 Å². The number of aryl methyl sites for hydroxylation is 2. The summed E-state index contributed by atoms with van der Waals surface area (Å²) < 4.78 is 45.1. The average Bonchev–Trinajstić information content (AvgIpc) is 3.39. The summed E-state index contributed by atoms with van der Waals surface area (Å²) in [7, 11) is 0. The van der Waals surface area contributed by atoms with E-state index in [-0.39, 0.29) is 12.5 Å². The molecule has 1 saturated heterocycles. The van der Waals surface area contributed by atoms with Gasteiger partial charge < -0.3 is 9.32 Å². The fraction of sp³-hybridized carbons (Fsp3) is 0.455. The maximum Gasteiger partial charge on any atom is 0.416 e. The standard InChI is InChI=1S/C22H24F3N7O2/c1-14-26-30-32(29-14)13-18-12-19(22(23,24)25)5-3-17(18)4-6-21(33)31-9-7-16(8-10-31)11-20-28-27-15(2)34-20/h3-6,12,16H,7-11,13H2,1-2H3/b6-4+. The third kappa shape index (κ3) is 5.86. The van der Waals surface area contributed by atoms with Gasteiger partial charge in [-0.2, -0.15) is 18.0 Å². The van der Waals surface area contributed by atoms with Crippen molar-refractivity contribution in [3.63, 3.8) is 0 Å². The second kappa shape index (κ2) is 9.74. The molecule has 12 heteroatoms. The fourth-order valence-electron chi connectivity index (χ4n) is 3.92. The topological polar surface area (TPSA) is 103 Å². The van der Waals surface area contributed by atoms with Crippen LogP contribution in [0.15, 0.2) is 28.7 Å². The Labute approximate surface area is 193 Å². The lowest BCUT2D eigenvalue weighted by Crippen LogP contribution is -2.38. The van der Waals surface area contributed by atoms with E-state index in [0.29, 0.717) is 54.2 Å². The third-order valence-corrected chi connectivity index (χ3v) is 5.70. The van der Waals surface area contributed by atoms with E-state index >= 15 is 0 Å². The van der Waals surface area contributed by atoms with Crippen molar-refractivity contribution in [2.24, 2.45) is 5.92 Å². The van der Waals surface area contributed by atoms with Crippen LogP contribution >= 0.6 is 0 Å². The fourth-order valence-corrected chi connectivity index (χ4v) is 3.92. The Morgan fingerprint density at radius 1 is 1.18 bits per heavy atom. The Hall–Kier alpha value is -3.57. The predicted molar refractivity (Wildman–Crippen MR) is 114 cm³/mol. The van der Waals surface area contributed by atoms with Crippen molar-refractivity contribution in [1.82, 2.24) is 35.3 Å². The van der Waals surface area contributed by atoms with Crippen LogP contribution in [0.4, 0.5) is 13.2 Å². The maximum absolute atomic E-state index is 13.2. The molecule has 1 aliphatic rings. The van der Waals surface area contributed by atoms with Crippen LogP contribution in [0, 0.1) is 19.8 Å². The number of amides is 1. The van der Waals surface area contributed by atoms with E-state index in [9.17, 15) is 18.0 Å². The summed E-state index contributed by atoms with van der Waals surface area (Å²) in [6.07, 6.45) is 0.753. The lowest BCUT2D eigenvalue weighted by molar-refractivity contribution is -0.137. The first-order chi connectivity index (χ1) is 16.2. The number of hydrogen-bond acceptors (Lipinski definition) is 7. The summed E-state index contributed by atoms with van der Waals surface area (Å²) in [4.78, 5) is 15.7. The van der Waals surface area contributed by atoms with Crippen LogP contribution in [0.3, 0.4) is 0 Å². The molecule has 1 amide bonds. The minimum Gasteiger partial charge on any atom is -0.426 e. The molecule has 1 aromatic carbocycles. The average molecular weight is 475 g/mol. The molecule has 0 atom stereocenters. The number of rotatable bonds is 6. The molecule has 3 aromatic rings. The second-order valence-corrected chi connectivity index (χ2v) is 8.30. The number of carbonyl (C=O) groups excluding carboxylic acids is 1. The number of piperidine rings is 1. The Bertz CT molecular complexity index is 1180. The van der Waals surface area contributed by atoms with Gasteiger partial charge in [0, 0.05) is 32.5 Å². The van der Waals surface area contributed by atoms with Gasteiger partial charge in [0.15, 0.2) is 5.82 Å². The number of carbonyl (C=O) groups is 1. The largest absolute Gasteiger partial charge is 0.426 e. The summed E-state index contributed by atoms with van der Waals surface area (Å²) in [5, 5.41) is 19.5. The zero-order chi connectivity index (χ0) is 24.3. The van der Waals surface area contributed by atoms with Crippen LogP contribution in [0.25, 0.3) is 6.08 Å². The Kier molecular flexibility index (Phi) is 6.75. The molecule has 0 aliphatic carbocycles. The highest BCUT2D eigenvalue weighted by Crippen LogP contribution is 2.31. The highest BCUT2D eigenvalue weighted by Gasteiger charge is 2.31. The molecule has 1 fully saturated rings. The van der Waals surface area contributed by atoms with Gasteiger partial charge in [0.05, 0.1) is 12.1 Å². The number of tetrazole rings is 1. The van der Waals surface area contributed by atoms with Gasteiger partial charge in [-0.25, -0.2) is 0 Å². The van der Waals surface area contributed by atoms with Crippen LogP contribution < -0.4 is 0 Å². The van der Waals surface area contributed by atoms with Crippen molar-refractivity contribution in [3.8, 4) is 0 Å². The van der Waals surface area contributed by atoms with Crippen molar-refractivity contribution in [3.05, 3.63) is 58.6 Å². The first-order valence-corrected chi connectivity index (χ1v) is 10.9. The maximum atomic E-state index is 13.2. The normalized spacial score (nSPS) is 15.4. The van der Waals surface area contributed by atoms with Crippen LogP contribution in [-0.4, -0.2) is 54.3 Å². The number of likely N-dealkylation sites (tertiary alicyclic amines) is 1. The summed E-state index contributed by atoms with van der Waals surface area (Å²) in [5.41, 5.74) is 0.0455. The van der Waals surface area contributed by atoms with Crippen molar-refractivity contribution in [1.29, 1.82) is 0 Å². The molecular weight excluding hydrogens is 451 g/mol. The molecular formula is C22H24F3N7O2. The van der Waals surface area contributed by atoms with Gasteiger partial charge in [-0.15, -0.1) is 20.4 Å². The quantitative estimate of drug-likeness (QED) is 0.504. The smallest absolute Gasteiger partial charge is 0.416 e. The first-order valence-electron chi connectivity index (χ1n) is 10.9. The SMILES string of the molecule is Cc1nnn(Cc2cc(C(F)(F)F)ccc2/C=C/C(=O)N2CCC(Cc3nnc(C)o3)CC2)n1. The third-order valence-electron chi connectivity index (χ3n) is 5.70. The van der Waals surface area contributed by atoms with E-state index in [0.717, 1.165) is 25.0 Å². The Morgan fingerprint density at radius 3 is 2.56 bits per heavy atom. The van der Waals surface area contributed by atoms with Gasteiger partial charge in [-0.05, 0) is 60.2 Å². The monoisotopic (exact) mass is 475 g/mol. The summed E-state index contributed by atoms with van der Waals surface area (Å²) >= 11 is 0. The number of nitrogens with zero attached hydrogens (tertiary/aromatic N) is 7. The van der Waals surface area contributed by atoms with E-state index in [1.165, 1.54) is 23.0 Å². The summed E-state index contributed by atoms with van der Waals surface area (Å²) in [5.74, 6) is 1.72. The van der Waals surface area contributed by atoms with Gasteiger partial charge in [0.25, 0.3) is 0 Å². The molecule has 2 aromatic heterocycles. The van der Waals surface area contributed by atoms with Gasteiger partial charge in [-0.1, -0.05) is 6.07 Å². The molecule has 0 radical (unpaired) electrons. The van der Waals surface area contributed by atoms with Crippen molar-refractivity contribution in [2.45, 2.75) is 45.8 Å². The van der Waals surface area contributed by atoms with E-state index in [1.54, 1.807) is 18.7 Å². The zero-order valence-corrected chi connectivity index (χ0v) is 18.8. The molecule has 3 heterocycles. The Balaban J connectivity index is 1.42. The van der Waals surface area contributed by atoms with Crippen LogP contribution in [0.1, 0.15) is 47.1 Å². The molecule has 9 nitrogen and oxygen atoms in total. The zero-order valence-electron chi connectivity index (χ0n) is 18.8. The van der Waals surface area contributed by atoms with E-state index < -0.39 is 11.7 Å². The van der Waals surface area contributed by atoms with Gasteiger partial charge in [-0.3, -0.25) is 4.79 Å². The minimum atomic E-state index is -4.48. The number of halogens is 3. The summed E-state index contributed by atoms with van der Waals surface area (Å²) in [6, 6.07) is 3.40. The lowest BCUT2D eigenvalue weighted by atomic mass is 9.93. The molecule has 0 bridgehead atoms. The van der Waals surface area contributed by atoms with E-state index in [2.05, 4.69) is 25.6 Å². The number of aromatic nitrogens is 6. The molecule has 0 N–H and O–H groups in total. The van der Waals surface area contributed by atoms with E-state index in [1.807, 2.05) is 0 Å². The molecule has 4 rings (SSSR count). The molecule has 1 aliphatic heterocycles. The molecule has 34 heavy (non-hydrogen) atoms. The number of benzene rings is 1. The number of alkyl halides is 3. The van der Waals surface area contributed by atoms with Crippen molar-refractivity contribution in [2.75, 3.05) is 13.1 Å². The number of hydrogen-bond donors (Lipinski definition) is 0. The van der Waals surface area contributed by atoms with Gasteiger partial charge >= 0.3 is 6.18 Å². The summed E-state index contributed by atoms with van der Waals surface area (Å²) in [6.45, 7) is 4.56. The lowest BCUT2D eigenvalue weighted by Gasteiger charge is -2.30. The van der Waals surface area contributed by atoms with Gasteiger partial charge in [0.1, 0.15) is 0 Å². The van der Waals surface area contributed by atoms with Crippen molar-refractivity contribution >= 4 is 12.0 Å². The van der Waals surface area contributed by atoms with Gasteiger partial charge in [0.2, 0.25) is 17.7 Å². The predicted octanol–water partition coefficient (Wildman–Crippen LogP) is 3.23. The van der Waals surface area contributed by atoms with Crippen LogP contribution in [0.5, 0.6) is 0 Å². The van der Waals surface area contributed by atoms with Crippen LogP contribution in [-0.2, 0) is 23.9 Å². The molecule has 0 saturated carbocycles. The van der Waals surface area contributed by atoms with Crippen LogP contribution in [0.2, 0.25) is 0 Å². The molecule has 0 unspecified atom stereocenters. The highest BCUT2D eigenvalue weighted by atomic mass is 19.4. The first kappa shape index (κ1) is 23.6.